The van der Waals surface area contributed by atoms with Gasteiger partial charge in [-0.15, -0.1) is 12.4 Å². The largest absolute Gasteiger partial charge is 0.337 e. The van der Waals surface area contributed by atoms with Crippen LogP contribution in [-0.2, 0) is 4.79 Å². The Hall–Kier alpha value is 0.0700. The molecule has 15 heavy (non-hydrogen) atoms. The minimum Gasteiger partial charge on any atom is -0.337 e. The standard InChI is InChI=1S/C10H20N2OS.ClH/c1-3-6-14-8-10(13)12-5-4-11-7-9(12)2;/h9,11H,3-8H2,1-2H3;1H. The summed E-state index contributed by atoms with van der Waals surface area (Å²) in [7, 11) is 0. The molecule has 1 aliphatic heterocycles. The zero-order valence-electron chi connectivity index (χ0n) is 9.49. The smallest absolute Gasteiger partial charge is 0.232 e. The molecule has 1 unspecified atom stereocenters. The highest BCUT2D eigenvalue weighted by atomic mass is 35.5. The molecule has 1 rings (SSSR count). The number of rotatable bonds is 4. The molecule has 1 heterocycles. The van der Waals surface area contributed by atoms with E-state index in [1.54, 1.807) is 11.8 Å². The summed E-state index contributed by atoms with van der Waals surface area (Å²) in [5, 5.41) is 3.29. The van der Waals surface area contributed by atoms with E-state index in [1.165, 1.54) is 0 Å². The van der Waals surface area contributed by atoms with Crippen molar-refractivity contribution in [2.24, 2.45) is 0 Å². The van der Waals surface area contributed by atoms with Crippen LogP contribution in [-0.4, -0.2) is 48.0 Å². The number of nitrogens with one attached hydrogen (secondary N) is 1. The van der Waals surface area contributed by atoms with E-state index in [0.717, 1.165) is 31.8 Å². The molecule has 0 radical (unpaired) electrons. The predicted octanol–water partition coefficient (Wildman–Crippen LogP) is 1.37. The van der Waals surface area contributed by atoms with E-state index in [-0.39, 0.29) is 12.4 Å². The molecule has 0 spiro atoms. The maximum atomic E-state index is 11.8. The average molecular weight is 253 g/mol. The molecule has 1 fully saturated rings. The highest BCUT2D eigenvalue weighted by molar-refractivity contribution is 7.99. The number of hydrogen-bond donors (Lipinski definition) is 1. The molecule has 0 aliphatic carbocycles. The van der Waals surface area contributed by atoms with Crippen molar-refractivity contribution in [2.45, 2.75) is 26.3 Å². The molecule has 1 atom stereocenters. The molecule has 0 aromatic carbocycles. The highest BCUT2D eigenvalue weighted by Crippen LogP contribution is 2.08. The maximum Gasteiger partial charge on any atom is 0.232 e. The van der Waals surface area contributed by atoms with Crippen LogP contribution in [0.1, 0.15) is 20.3 Å². The lowest BCUT2D eigenvalue weighted by atomic mass is 10.2. The second kappa shape index (κ2) is 8.25. The third-order valence-electron chi connectivity index (χ3n) is 2.40. The Morgan fingerprint density at radius 1 is 1.60 bits per heavy atom. The molecular formula is C10H21ClN2OS. The number of carbonyl (C=O) groups excluding carboxylic acids is 1. The Bertz CT molecular complexity index is 192. The molecule has 1 aliphatic rings. The van der Waals surface area contributed by atoms with Gasteiger partial charge in [-0.3, -0.25) is 4.79 Å². The third kappa shape index (κ3) is 5.09. The van der Waals surface area contributed by atoms with Crippen molar-refractivity contribution in [1.82, 2.24) is 10.2 Å². The lowest BCUT2D eigenvalue weighted by Crippen LogP contribution is -2.52. The van der Waals surface area contributed by atoms with Gasteiger partial charge in [0.25, 0.3) is 0 Å². The number of carbonyl (C=O) groups is 1. The van der Waals surface area contributed by atoms with Gasteiger partial charge in [-0.1, -0.05) is 6.92 Å². The second-order valence-corrected chi connectivity index (χ2v) is 4.80. The summed E-state index contributed by atoms with van der Waals surface area (Å²) in [6.45, 7) is 6.99. The van der Waals surface area contributed by atoms with Gasteiger partial charge in [-0.2, -0.15) is 11.8 Å². The Balaban J connectivity index is 0.00000196. The molecule has 0 bridgehead atoms. The Kier molecular flexibility index (Phi) is 8.29. The topological polar surface area (TPSA) is 32.3 Å². The van der Waals surface area contributed by atoms with Gasteiger partial charge in [0.2, 0.25) is 5.91 Å². The van der Waals surface area contributed by atoms with Crippen molar-refractivity contribution in [3.63, 3.8) is 0 Å². The van der Waals surface area contributed by atoms with Crippen molar-refractivity contribution in [1.29, 1.82) is 0 Å². The molecule has 0 aromatic rings. The maximum absolute atomic E-state index is 11.8. The summed E-state index contributed by atoms with van der Waals surface area (Å²) in [5.74, 6) is 2.04. The quantitative estimate of drug-likeness (QED) is 0.768. The van der Waals surface area contributed by atoms with Gasteiger partial charge in [0.1, 0.15) is 0 Å². The predicted molar refractivity (Wildman–Crippen MR) is 68.9 cm³/mol. The molecule has 1 saturated heterocycles. The fraction of sp³-hybridized carbons (Fsp3) is 0.900. The Morgan fingerprint density at radius 3 is 2.93 bits per heavy atom. The van der Waals surface area contributed by atoms with Gasteiger partial charge >= 0.3 is 0 Å². The summed E-state index contributed by atoms with van der Waals surface area (Å²) < 4.78 is 0. The zero-order chi connectivity index (χ0) is 10.4. The van der Waals surface area contributed by atoms with E-state index in [1.807, 2.05) is 4.90 Å². The molecule has 0 saturated carbocycles. The zero-order valence-corrected chi connectivity index (χ0v) is 11.1. The van der Waals surface area contributed by atoms with Crippen molar-refractivity contribution in [3.05, 3.63) is 0 Å². The number of halogens is 1. The van der Waals surface area contributed by atoms with Gasteiger partial charge in [-0.25, -0.2) is 0 Å². The Labute approximate surface area is 103 Å². The fourth-order valence-corrected chi connectivity index (χ4v) is 2.37. The van der Waals surface area contributed by atoms with E-state index >= 15 is 0 Å². The van der Waals surface area contributed by atoms with Crippen LogP contribution in [0, 0.1) is 0 Å². The monoisotopic (exact) mass is 252 g/mol. The number of hydrogen-bond acceptors (Lipinski definition) is 3. The van der Waals surface area contributed by atoms with Crippen LogP contribution in [0.25, 0.3) is 0 Å². The average Bonchev–Trinajstić information content (AvgIpc) is 2.18. The number of nitrogens with zero attached hydrogens (tertiary/aromatic N) is 1. The van der Waals surface area contributed by atoms with Crippen LogP contribution < -0.4 is 5.32 Å². The van der Waals surface area contributed by atoms with Crippen LogP contribution >= 0.6 is 24.2 Å². The van der Waals surface area contributed by atoms with Crippen LogP contribution in [0.4, 0.5) is 0 Å². The van der Waals surface area contributed by atoms with Gasteiger partial charge in [-0.05, 0) is 19.1 Å². The lowest BCUT2D eigenvalue weighted by molar-refractivity contribution is -0.131. The molecule has 3 nitrogen and oxygen atoms in total. The normalized spacial score (nSPS) is 20.9. The SMILES string of the molecule is CCCSCC(=O)N1CCNCC1C.Cl. The third-order valence-corrected chi connectivity index (χ3v) is 3.54. The first-order valence-corrected chi connectivity index (χ1v) is 6.49. The first kappa shape index (κ1) is 15.1. The minimum absolute atomic E-state index is 0. The summed E-state index contributed by atoms with van der Waals surface area (Å²) in [4.78, 5) is 13.8. The summed E-state index contributed by atoms with van der Waals surface area (Å²) >= 11 is 1.75. The molecular weight excluding hydrogens is 232 g/mol. The van der Waals surface area contributed by atoms with Crippen LogP contribution in [0.3, 0.4) is 0 Å². The summed E-state index contributed by atoms with van der Waals surface area (Å²) in [6, 6.07) is 0.360. The van der Waals surface area contributed by atoms with E-state index in [4.69, 9.17) is 0 Å². The van der Waals surface area contributed by atoms with E-state index in [9.17, 15) is 4.79 Å². The number of piperazine rings is 1. The summed E-state index contributed by atoms with van der Waals surface area (Å²) in [6.07, 6.45) is 1.15. The van der Waals surface area contributed by atoms with Gasteiger partial charge in [0.05, 0.1) is 5.75 Å². The van der Waals surface area contributed by atoms with Crippen LogP contribution in [0.2, 0.25) is 0 Å². The number of amides is 1. The minimum atomic E-state index is 0. The van der Waals surface area contributed by atoms with Crippen LogP contribution in [0.5, 0.6) is 0 Å². The lowest BCUT2D eigenvalue weighted by Gasteiger charge is -2.33. The molecule has 0 aromatic heterocycles. The molecule has 90 valence electrons. The van der Waals surface area contributed by atoms with Crippen molar-refractivity contribution >= 4 is 30.1 Å². The molecule has 1 amide bonds. The van der Waals surface area contributed by atoms with Crippen molar-refractivity contribution < 1.29 is 4.79 Å². The molecule has 5 heteroatoms. The fourth-order valence-electron chi connectivity index (χ4n) is 1.60. The second-order valence-electron chi connectivity index (χ2n) is 3.69. The van der Waals surface area contributed by atoms with E-state index in [0.29, 0.717) is 17.7 Å². The number of thioether (sulfide) groups is 1. The van der Waals surface area contributed by atoms with Crippen molar-refractivity contribution in [2.75, 3.05) is 31.1 Å². The highest BCUT2D eigenvalue weighted by Gasteiger charge is 2.22. The van der Waals surface area contributed by atoms with Crippen LogP contribution in [0.15, 0.2) is 0 Å². The van der Waals surface area contributed by atoms with Gasteiger partial charge in [0.15, 0.2) is 0 Å². The Morgan fingerprint density at radius 2 is 2.33 bits per heavy atom. The van der Waals surface area contributed by atoms with E-state index < -0.39 is 0 Å². The molecule has 1 N–H and O–H groups in total. The van der Waals surface area contributed by atoms with Crippen molar-refractivity contribution in [3.8, 4) is 0 Å². The van der Waals surface area contributed by atoms with Gasteiger partial charge in [0, 0.05) is 25.7 Å². The first-order chi connectivity index (χ1) is 6.75. The first-order valence-electron chi connectivity index (χ1n) is 5.33. The summed E-state index contributed by atoms with van der Waals surface area (Å²) in [5.41, 5.74) is 0. The van der Waals surface area contributed by atoms with E-state index in [2.05, 4.69) is 19.2 Å². The van der Waals surface area contributed by atoms with Gasteiger partial charge < -0.3 is 10.2 Å².